The van der Waals surface area contributed by atoms with E-state index < -0.39 is 23.6 Å². The van der Waals surface area contributed by atoms with Crippen LogP contribution in [0.2, 0.25) is 0 Å². The van der Waals surface area contributed by atoms with E-state index in [1.165, 1.54) is 24.3 Å². The third-order valence-electron chi connectivity index (χ3n) is 5.87. The number of amides is 4. The molecule has 0 saturated carbocycles. The second-order valence-electron chi connectivity index (χ2n) is 8.56. The molecule has 0 atom stereocenters. The van der Waals surface area contributed by atoms with Crippen LogP contribution in [0.25, 0.3) is 0 Å². The zero-order valence-electron chi connectivity index (χ0n) is 21.6. The zero-order valence-corrected chi connectivity index (χ0v) is 21.6. The second kappa shape index (κ2) is 12.9. The summed E-state index contributed by atoms with van der Waals surface area (Å²) in [7, 11) is 0. The minimum absolute atomic E-state index is 0.211. The Morgan fingerprint density at radius 2 is 0.921 bits per heavy atom. The number of benzene rings is 3. The molecule has 10 heteroatoms. The van der Waals surface area contributed by atoms with Crippen LogP contribution in [0.5, 0.6) is 11.5 Å². The Balaban J connectivity index is 1.41. The smallest absolute Gasteiger partial charge is 0.276 e. The maximum atomic E-state index is 12.3. The van der Waals surface area contributed by atoms with Gasteiger partial charge in [-0.05, 0) is 86.3 Å². The van der Waals surface area contributed by atoms with Crippen LogP contribution in [0, 0.1) is 27.7 Å². The van der Waals surface area contributed by atoms with Gasteiger partial charge in [-0.1, -0.05) is 24.3 Å². The van der Waals surface area contributed by atoms with Crippen molar-refractivity contribution in [3.63, 3.8) is 0 Å². The summed E-state index contributed by atoms with van der Waals surface area (Å²) in [5, 5.41) is 0. The average molecular weight is 519 g/mol. The van der Waals surface area contributed by atoms with E-state index in [1.807, 2.05) is 52.0 Å². The predicted molar refractivity (Wildman–Crippen MR) is 140 cm³/mol. The van der Waals surface area contributed by atoms with Gasteiger partial charge in [-0.15, -0.1) is 0 Å². The minimum Gasteiger partial charge on any atom is -0.483 e. The van der Waals surface area contributed by atoms with Crippen LogP contribution in [0.4, 0.5) is 0 Å². The highest BCUT2D eigenvalue weighted by Crippen LogP contribution is 2.21. The number of nitrogens with one attached hydrogen (secondary N) is 4. The standard InChI is InChI=1S/C28H30N4O6/c1-17-7-5-9-23(19(17)3)37-15-25(33)29-31-27(35)21-11-13-22(14-12-21)28(36)32-30-26(34)16-38-24-10-6-8-18(2)20(24)4/h5-14H,15-16H2,1-4H3,(H,29,33)(H,30,34)(H,31,35)(H,32,36). The van der Waals surface area contributed by atoms with Gasteiger partial charge in [-0.3, -0.25) is 40.9 Å². The first-order valence-electron chi connectivity index (χ1n) is 11.8. The second-order valence-corrected chi connectivity index (χ2v) is 8.56. The maximum absolute atomic E-state index is 12.3. The van der Waals surface area contributed by atoms with Crippen molar-refractivity contribution in [1.29, 1.82) is 0 Å². The molecule has 0 aliphatic heterocycles. The van der Waals surface area contributed by atoms with E-state index >= 15 is 0 Å². The van der Waals surface area contributed by atoms with Crippen LogP contribution >= 0.6 is 0 Å². The van der Waals surface area contributed by atoms with Gasteiger partial charge in [-0.2, -0.15) is 0 Å². The lowest BCUT2D eigenvalue weighted by Crippen LogP contribution is -2.44. The lowest BCUT2D eigenvalue weighted by molar-refractivity contribution is -0.124. The van der Waals surface area contributed by atoms with Crippen molar-refractivity contribution in [1.82, 2.24) is 21.7 Å². The summed E-state index contributed by atoms with van der Waals surface area (Å²) in [5.74, 6) is -1.04. The van der Waals surface area contributed by atoms with Crippen molar-refractivity contribution in [2.45, 2.75) is 27.7 Å². The van der Waals surface area contributed by atoms with Crippen LogP contribution in [-0.2, 0) is 9.59 Å². The van der Waals surface area contributed by atoms with Crippen molar-refractivity contribution in [3.8, 4) is 11.5 Å². The van der Waals surface area contributed by atoms with Crippen LogP contribution in [0.1, 0.15) is 43.0 Å². The van der Waals surface area contributed by atoms with Gasteiger partial charge in [0.25, 0.3) is 23.6 Å². The average Bonchev–Trinajstić information content (AvgIpc) is 2.92. The van der Waals surface area contributed by atoms with Crippen molar-refractivity contribution in [2.75, 3.05) is 13.2 Å². The summed E-state index contributed by atoms with van der Waals surface area (Å²) in [4.78, 5) is 48.7. The van der Waals surface area contributed by atoms with E-state index in [4.69, 9.17) is 9.47 Å². The molecule has 10 nitrogen and oxygen atoms in total. The molecule has 0 saturated heterocycles. The Morgan fingerprint density at radius 1 is 0.553 bits per heavy atom. The lowest BCUT2D eigenvalue weighted by atomic mass is 10.1. The Bertz CT molecular complexity index is 1240. The van der Waals surface area contributed by atoms with Gasteiger partial charge in [0.2, 0.25) is 0 Å². The van der Waals surface area contributed by atoms with Gasteiger partial charge in [-0.25, -0.2) is 0 Å². The first-order chi connectivity index (χ1) is 18.2. The molecule has 0 aliphatic rings. The predicted octanol–water partition coefficient (Wildman–Crippen LogP) is 2.60. The highest BCUT2D eigenvalue weighted by atomic mass is 16.5. The number of rotatable bonds is 8. The molecular formula is C28H30N4O6. The topological polar surface area (TPSA) is 135 Å². The molecular weight excluding hydrogens is 488 g/mol. The molecule has 3 aromatic carbocycles. The van der Waals surface area contributed by atoms with E-state index in [2.05, 4.69) is 21.7 Å². The molecule has 38 heavy (non-hydrogen) atoms. The van der Waals surface area contributed by atoms with E-state index in [-0.39, 0.29) is 24.3 Å². The SMILES string of the molecule is Cc1cccc(OCC(=O)NNC(=O)c2ccc(C(=O)NNC(=O)COc3cccc(C)c3C)cc2)c1C. The monoisotopic (exact) mass is 518 g/mol. The van der Waals surface area contributed by atoms with Gasteiger partial charge < -0.3 is 9.47 Å². The summed E-state index contributed by atoms with van der Waals surface area (Å²) in [5.41, 5.74) is 13.5. The fraction of sp³-hybridized carbons (Fsp3) is 0.214. The molecule has 0 heterocycles. The summed E-state index contributed by atoms with van der Waals surface area (Å²) >= 11 is 0. The summed E-state index contributed by atoms with van der Waals surface area (Å²) in [6.07, 6.45) is 0. The summed E-state index contributed by atoms with van der Waals surface area (Å²) in [6.45, 7) is 7.12. The van der Waals surface area contributed by atoms with Crippen LogP contribution in [0.3, 0.4) is 0 Å². The number of aryl methyl sites for hydroxylation is 2. The van der Waals surface area contributed by atoms with Gasteiger partial charge in [0.1, 0.15) is 11.5 Å². The first kappa shape index (κ1) is 27.7. The fourth-order valence-electron chi connectivity index (χ4n) is 3.29. The minimum atomic E-state index is -0.575. The van der Waals surface area contributed by atoms with Crippen LogP contribution in [0.15, 0.2) is 60.7 Å². The number of hydrogen-bond acceptors (Lipinski definition) is 6. The molecule has 4 N–H and O–H groups in total. The largest absolute Gasteiger partial charge is 0.483 e. The summed E-state index contributed by atoms with van der Waals surface area (Å²) < 4.78 is 11.0. The number of ether oxygens (including phenoxy) is 2. The highest BCUT2D eigenvalue weighted by Gasteiger charge is 2.12. The van der Waals surface area contributed by atoms with Crippen LogP contribution < -0.4 is 31.2 Å². The maximum Gasteiger partial charge on any atom is 0.276 e. The third kappa shape index (κ3) is 7.57. The Hall–Kier alpha value is -4.86. The molecule has 0 aromatic heterocycles. The highest BCUT2D eigenvalue weighted by molar-refractivity contribution is 5.98. The molecule has 3 aromatic rings. The molecule has 0 spiro atoms. The van der Waals surface area contributed by atoms with Crippen LogP contribution in [-0.4, -0.2) is 36.8 Å². The molecule has 0 radical (unpaired) electrons. The third-order valence-corrected chi connectivity index (χ3v) is 5.87. The molecule has 4 amide bonds. The molecule has 0 aliphatic carbocycles. The lowest BCUT2D eigenvalue weighted by Gasteiger charge is -2.12. The Labute approximate surface area is 220 Å². The number of carbonyl (C=O) groups excluding carboxylic acids is 4. The van der Waals surface area contributed by atoms with Crippen molar-refractivity contribution in [3.05, 3.63) is 94.0 Å². The Morgan fingerprint density at radius 3 is 1.29 bits per heavy atom. The molecule has 0 unspecified atom stereocenters. The normalized spacial score (nSPS) is 10.2. The first-order valence-corrected chi connectivity index (χ1v) is 11.8. The number of carbonyl (C=O) groups is 4. The quantitative estimate of drug-likeness (QED) is 0.339. The van der Waals surface area contributed by atoms with Crippen molar-refractivity contribution < 1.29 is 28.7 Å². The fourth-order valence-corrected chi connectivity index (χ4v) is 3.29. The van der Waals surface area contributed by atoms with Crippen molar-refractivity contribution >= 4 is 23.6 Å². The Kier molecular flexibility index (Phi) is 9.42. The van der Waals surface area contributed by atoms with E-state index in [0.29, 0.717) is 11.5 Å². The number of hydrogen-bond donors (Lipinski definition) is 4. The van der Waals surface area contributed by atoms with E-state index in [9.17, 15) is 19.2 Å². The number of hydrazine groups is 2. The summed E-state index contributed by atoms with van der Waals surface area (Å²) in [6, 6.07) is 16.7. The molecule has 0 fully saturated rings. The zero-order chi connectivity index (χ0) is 27.7. The van der Waals surface area contributed by atoms with E-state index in [1.54, 1.807) is 12.1 Å². The van der Waals surface area contributed by atoms with Gasteiger partial charge in [0.05, 0.1) is 0 Å². The van der Waals surface area contributed by atoms with E-state index in [0.717, 1.165) is 22.3 Å². The van der Waals surface area contributed by atoms with Gasteiger partial charge in [0, 0.05) is 11.1 Å². The molecule has 0 bridgehead atoms. The molecule has 198 valence electrons. The van der Waals surface area contributed by atoms with Crippen molar-refractivity contribution in [2.24, 2.45) is 0 Å². The van der Waals surface area contributed by atoms with Gasteiger partial charge in [0.15, 0.2) is 13.2 Å². The van der Waals surface area contributed by atoms with Gasteiger partial charge >= 0.3 is 0 Å². The molecule has 3 rings (SSSR count).